The van der Waals surface area contributed by atoms with Crippen LogP contribution in [0.4, 0.5) is 11.4 Å². The van der Waals surface area contributed by atoms with E-state index in [0.29, 0.717) is 16.5 Å². The molecule has 0 radical (unpaired) electrons. The lowest BCUT2D eigenvalue weighted by Gasteiger charge is -2.29. The summed E-state index contributed by atoms with van der Waals surface area (Å²) in [6.07, 6.45) is 1.80. The summed E-state index contributed by atoms with van der Waals surface area (Å²) in [5.74, 6) is 0.407. The molecular formula is C30H31N5O2S. The van der Waals surface area contributed by atoms with Gasteiger partial charge < -0.3 is 24.8 Å². The number of ether oxygens (including phenoxy) is 1. The Labute approximate surface area is 228 Å². The Kier molecular flexibility index (Phi) is 6.91. The maximum absolute atomic E-state index is 11.9. The summed E-state index contributed by atoms with van der Waals surface area (Å²) in [5.41, 5.74) is 8.07. The number of carbonyl (C=O) groups excluding carboxylic acids is 1. The maximum atomic E-state index is 11.9. The van der Waals surface area contributed by atoms with Crippen LogP contribution in [0.3, 0.4) is 0 Å². The highest BCUT2D eigenvalue weighted by atomic mass is 32.1. The zero-order valence-corrected chi connectivity index (χ0v) is 23.0. The maximum Gasteiger partial charge on any atom is 0.221 e. The Morgan fingerprint density at radius 1 is 1.03 bits per heavy atom. The molecule has 0 spiro atoms. The summed E-state index contributed by atoms with van der Waals surface area (Å²) in [5, 5.41) is 6.99. The van der Waals surface area contributed by atoms with E-state index in [0.717, 1.165) is 34.0 Å². The number of nitrogens with zero attached hydrogens (tertiary/aromatic N) is 3. The molecule has 1 saturated heterocycles. The highest BCUT2D eigenvalue weighted by Crippen LogP contribution is 2.45. The minimum absolute atomic E-state index is 0.174. The lowest BCUT2D eigenvalue weighted by Crippen LogP contribution is -2.29. The summed E-state index contributed by atoms with van der Waals surface area (Å²) >= 11 is 5.92. The molecule has 194 valence electrons. The van der Waals surface area contributed by atoms with Gasteiger partial charge in [0.2, 0.25) is 5.91 Å². The van der Waals surface area contributed by atoms with Crippen molar-refractivity contribution >= 4 is 34.6 Å². The van der Waals surface area contributed by atoms with Gasteiger partial charge in [-0.1, -0.05) is 23.8 Å². The van der Waals surface area contributed by atoms with Gasteiger partial charge in [0.25, 0.3) is 0 Å². The van der Waals surface area contributed by atoms with Crippen LogP contribution in [0.2, 0.25) is 0 Å². The van der Waals surface area contributed by atoms with E-state index in [1.54, 1.807) is 13.3 Å². The lowest BCUT2D eigenvalue weighted by molar-refractivity contribution is -0.114. The van der Waals surface area contributed by atoms with Crippen LogP contribution in [-0.2, 0) is 4.79 Å². The molecule has 1 aliphatic rings. The number of hydrogen-bond acceptors (Lipinski definition) is 4. The van der Waals surface area contributed by atoms with E-state index >= 15 is 0 Å². The van der Waals surface area contributed by atoms with E-state index in [1.165, 1.54) is 12.5 Å². The molecule has 8 heteroatoms. The molecule has 0 saturated carbocycles. The van der Waals surface area contributed by atoms with E-state index < -0.39 is 0 Å². The third kappa shape index (κ3) is 4.63. The number of hydrogen-bond donors (Lipinski definition) is 2. The van der Waals surface area contributed by atoms with E-state index in [1.807, 2.05) is 36.4 Å². The van der Waals surface area contributed by atoms with Gasteiger partial charge in [-0.05, 0) is 87.1 Å². The van der Waals surface area contributed by atoms with Crippen LogP contribution in [0.1, 0.15) is 47.2 Å². The average Bonchev–Trinajstić information content (AvgIpc) is 3.39. The van der Waals surface area contributed by atoms with Crippen LogP contribution >= 0.6 is 12.2 Å². The van der Waals surface area contributed by atoms with Crippen LogP contribution in [0.15, 0.2) is 72.9 Å². The molecule has 38 heavy (non-hydrogen) atoms. The van der Waals surface area contributed by atoms with Gasteiger partial charge >= 0.3 is 0 Å². The minimum atomic E-state index is -0.179. The van der Waals surface area contributed by atoms with Gasteiger partial charge in [0.15, 0.2) is 5.11 Å². The molecule has 2 aromatic carbocycles. The van der Waals surface area contributed by atoms with E-state index in [4.69, 9.17) is 17.0 Å². The first-order valence-electron chi connectivity index (χ1n) is 12.5. The molecule has 0 aliphatic carbocycles. The zero-order chi connectivity index (χ0) is 27.0. The number of benzene rings is 2. The van der Waals surface area contributed by atoms with E-state index in [2.05, 4.69) is 76.2 Å². The molecule has 1 amide bonds. The Hall–Kier alpha value is -4.17. The fourth-order valence-corrected chi connectivity index (χ4v) is 5.61. The second kappa shape index (κ2) is 10.3. The standard InChI is InChI=1S/C30H31N5O2S/c1-18-9-11-22(12-10-18)34-19(2)16-24(20(34)3)29-28(25-8-6-7-15-31-25)33-30(38)35(29)23-13-14-27(37-5)26(17-23)32-21(4)36/h6-17,28-29H,1-5H3,(H,32,36)(H,33,38). The van der Waals surface area contributed by atoms with Crippen LogP contribution in [0.25, 0.3) is 5.69 Å². The molecule has 0 bridgehead atoms. The first kappa shape index (κ1) is 25.5. The second-order valence-electron chi connectivity index (χ2n) is 9.56. The van der Waals surface area contributed by atoms with Crippen LogP contribution < -0.4 is 20.3 Å². The van der Waals surface area contributed by atoms with Crippen molar-refractivity contribution in [3.05, 3.63) is 101 Å². The topological polar surface area (TPSA) is 71.4 Å². The summed E-state index contributed by atoms with van der Waals surface area (Å²) in [6, 6.07) is 22.1. The van der Waals surface area contributed by atoms with Crippen molar-refractivity contribution in [1.29, 1.82) is 0 Å². The summed E-state index contributed by atoms with van der Waals surface area (Å²) in [4.78, 5) is 18.7. The van der Waals surface area contributed by atoms with Crippen molar-refractivity contribution < 1.29 is 9.53 Å². The number of methoxy groups -OCH3 is 1. The fourth-order valence-electron chi connectivity index (χ4n) is 5.26. The third-order valence-electron chi connectivity index (χ3n) is 6.95. The molecule has 4 aromatic rings. The fraction of sp³-hybridized carbons (Fsp3) is 0.233. The monoisotopic (exact) mass is 525 g/mol. The van der Waals surface area contributed by atoms with E-state index in [-0.39, 0.29) is 18.0 Å². The highest BCUT2D eigenvalue weighted by molar-refractivity contribution is 7.80. The van der Waals surface area contributed by atoms with Gasteiger partial charge in [-0.3, -0.25) is 9.78 Å². The molecule has 2 N–H and O–H groups in total. The Morgan fingerprint density at radius 2 is 1.76 bits per heavy atom. The number of nitrogens with one attached hydrogen (secondary N) is 2. The van der Waals surface area contributed by atoms with Gasteiger partial charge in [0.1, 0.15) is 5.75 Å². The molecule has 2 aromatic heterocycles. The number of carbonyl (C=O) groups is 1. The zero-order valence-electron chi connectivity index (χ0n) is 22.1. The summed E-state index contributed by atoms with van der Waals surface area (Å²) < 4.78 is 7.77. The van der Waals surface area contributed by atoms with Gasteiger partial charge in [0, 0.05) is 35.9 Å². The molecule has 1 fully saturated rings. The normalized spacial score (nSPS) is 16.9. The first-order valence-corrected chi connectivity index (χ1v) is 12.9. The predicted molar refractivity (Wildman–Crippen MR) is 155 cm³/mol. The van der Waals surface area contributed by atoms with Crippen molar-refractivity contribution in [1.82, 2.24) is 14.9 Å². The molecule has 2 atom stereocenters. The lowest BCUT2D eigenvalue weighted by atomic mass is 9.96. The van der Waals surface area contributed by atoms with Crippen molar-refractivity contribution in [3.63, 3.8) is 0 Å². The number of aryl methyl sites for hydroxylation is 2. The summed E-state index contributed by atoms with van der Waals surface area (Å²) in [7, 11) is 1.59. The van der Waals surface area contributed by atoms with Crippen LogP contribution in [0.5, 0.6) is 5.75 Å². The molecule has 2 unspecified atom stereocenters. The van der Waals surface area contributed by atoms with Gasteiger partial charge in [0.05, 0.1) is 30.6 Å². The molecular weight excluding hydrogens is 494 g/mol. The Bertz CT molecular complexity index is 1500. The summed E-state index contributed by atoms with van der Waals surface area (Å²) in [6.45, 7) is 7.84. The SMILES string of the molecule is COc1ccc(N2C(=S)NC(c3ccccn3)C2c2cc(C)n(-c3ccc(C)cc3)c2C)cc1NC(C)=O. The van der Waals surface area contributed by atoms with Crippen molar-refractivity contribution in [2.75, 3.05) is 17.3 Å². The number of rotatable bonds is 6. The number of amides is 1. The van der Waals surface area contributed by atoms with Crippen molar-refractivity contribution in [2.24, 2.45) is 0 Å². The quantitative estimate of drug-likeness (QED) is 0.304. The predicted octanol–water partition coefficient (Wildman–Crippen LogP) is 5.94. The molecule has 3 heterocycles. The van der Waals surface area contributed by atoms with Crippen LogP contribution in [0, 0.1) is 20.8 Å². The van der Waals surface area contributed by atoms with E-state index in [9.17, 15) is 4.79 Å². The average molecular weight is 526 g/mol. The van der Waals surface area contributed by atoms with Gasteiger partial charge in [-0.2, -0.15) is 0 Å². The van der Waals surface area contributed by atoms with Crippen molar-refractivity contribution in [2.45, 2.75) is 39.8 Å². The smallest absolute Gasteiger partial charge is 0.221 e. The van der Waals surface area contributed by atoms with Crippen LogP contribution in [-0.4, -0.2) is 27.7 Å². The number of thiocarbonyl (C=S) groups is 1. The minimum Gasteiger partial charge on any atom is -0.495 e. The van der Waals surface area contributed by atoms with Gasteiger partial charge in [-0.25, -0.2) is 0 Å². The second-order valence-corrected chi connectivity index (χ2v) is 9.95. The largest absolute Gasteiger partial charge is 0.495 e. The Balaban J connectivity index is 1.67. The molecule has 7 nitrogen and oxygen atoms in total. The highest BCUT2D eigenvalue weighted by Gasteiger charge is 2.42. The number of pyridine rings is 1. The molecule has 1 aliphatic heterocycles. The van der Waals surface area contributed by atoms with Crippen molar-refractivity contribution in [3.8, 4) is 11.4 Å². The molecule has 5 rings (SSSR count). The number of anilines is 2. The Morgan fingerprint density at radius 3 is 2.42 bits per heavy atom. The van der Waals surface area contributed by atoms with Gasteiger partial charge in [-0.15, -0.1) is 0 Å². The first-order chi connectivity index (χ1) is 18.3. The number of aromatic nitrogens is 2. The third-order valence-corrected chi connectivity index (χ3v) is 7.27.